The van der Waals surface area contributed by atoms with Crippen LogP contribution in [0, 0.1) is 12.7 Å². The first-order valence-corrected chi connectivity index (χ1v) is 7.73. The molecule has 5 heteroatoms. The summed E-state index contributed by atoms with van der Waals surface area (Å²) in [4.78, 5) is 12.1. The molecule has 3 rings (SSSR count). The standard InChI is InChI=1S/C18H16ClFN2O/c1-12-11-13-5-2-3-8-16(13)22(12)10-9-21-18(23)17-14(19)6-4-7-15(17)20/h2-8,11H,9-10H2,1H3,(H,21,23). The Labute approximate surface area is 138 Å². The lowest BCUT2D eigenvalue weighted by Crippen LogP contribution is -2.28. The topological polar surface area (TPSA) is 34.0 Å². The fourth-order valence-corrected chi connectivity index (χ4v) is 2.98. The van der Waals surface area contributed by atoms with Gasteiger partial charge < -0.3 is 9.88 Å². The van der Waals surface area contributed by atoms with Gasteiger partial charge in [-0.1, -0.05) is 35.9 Å². The molecule has 0 fully saturated rings. The van der Waals surface area contributed by atoms with Gasteiger partial charge in [0.1, 0.15) is 5.82 Å². The number of nitrogens with one attached hydrogen (secondary N) is 1. The van der Waals surface area contributed by atoms with E-state index in [1.807, 2.05) is 25.1 Å². The van der Waals surface area contributed by atoms with E-state index in [0.717, 1.165) is 16.6 Å². The number of fused-ring (bicyclic) bond motifs is 1. The van der Waals surface area contributed by atoms with E-state index in [-0.39, 0.29) is 10.6 Å². The predicted octanol–water partition coefficient (Wildman–Crippen LogP) is 4.17. The van der Waals surface area contributed by atoms with Gasteiger partial charge in [0.05, 0.1) is 10.6 Å². The summed E-state index contributed by atoms with van der Waals surface area (Å²) in [5.74, 6) is -1.11. The van der Waals surface area contributed by atoms with E-state index in [0.29, 0.717) is 13.1 Å². The Bertz CT molecular complexity index is 852. The maximum absolute atomic E-state index is 13.7. The lowest BCUT2D eigenvalue weighted by atomic mass is 10.2. The summed E-state index contributed by atoms with van der Waals surface area (Å²) in [5, 5.41) is 4.00. The highest BCUT2D eigenvalue weighted by Crippen LogP contribution is 2.20. The van der Waals surface area contributed by atoms with Crippen LogP contribution in [0.1, 0.15) is 16.1 Å². The SMILES string of the molecule is Cc1cc2ccccc2n1CCNC(=O)c1c(F)cccc1Cl. The largest absolute Gasteiger partial charge is 0.350 e. The van der Waals surface area contributed by atoms with Gasteiger partial charge in [0, 0.05) is 24.3 Å². The zero-order chi connectivity index (χ0) is 16.4. The van der Waals surface area contributed by atoms with E-state index >= 15 is 0 Å². The van der Waals surface area contributed by atoms with Gasteiger partial charge in [-0.2, -0.15) is 0 Å². The molecular weight excluding hydrogens is 315 g/mol. The summed E-state index contributed by atoms with van der Waals surface area (Å²) in [5.41, 5.74) is 2.12. The van der Waals surface area contributed by atoms with Crippen molar-refractivity contribution in [2.24, 2.45) is 0 Å². The van der Waals surface area contributed by atoms with E-state index < -0.39 is 11.7 Å². The summed E-state index contributed by atoms with van der Waals surface area (Å²) in [6.45, 7) is 3.02. The first-order valence-electron chi connectivity index (χ1n) is 7.35. The minimum atomic E-state index is -0.613. The van der Waals surface area contributed by atoms with Crippen molar-refractivity contribution in [3.05, 3.63) is 70.6 Å². The van der Waals surface area contributed by atoms with Crippen LogP contribution >= 0.6 is 11.6 Å². The molecule has 0 unspecified atom stereocenters. The molecule has 118 valence electrons. The Morgan fingerprint density at radius 2 is 2.00 bits per heavy atom. The Hall–Kier alpha value is -2.33. The molecule has 0 aliphatic rings. The van der Waals surface area contributed by atoms with Gasteiger partial charge in [-0.25, -0.2) is 4.39 Å². The quantitative estimate of drug-likeness (QED) is 0.765. The molecule has 0 radical (unpaired) electrons. The van der Waals surface area contributed by atoms with Crippen molar-refractivity contribution < 1.29 is 9.18 Å². The van der Waals surface area contributed by atoms with Gasteiger partial charge in [-0.05, 0) is 36.6 Å². The number of rotatable bonds is 4. The average Bonchev–Trinajstić information content (AvgIpc) is 2.83. The maximum atomic E-state index is 13.7. The fourth-order valence-electron chi connectivity index (χ4n) is 2.73. The van der Waals surface area contributed by atoms with Crippen molar-refractivity contribution in [1.29, 1.82) is 0 Å². The number of aryl methyl sites for hydroxylation is 1. The molecule has 0 aliphatic carbocycles. The molecule has 3 aromatic rings. The fraction of sp³-hybridized carbons (Fsp3) is 0.167. The molecule has 1 N–H and O–H groups in total. The third-order valence-corrected chi connectivity index (χ3v) is 4.14. The van der Waals surface area contributed by atoms with Gasteiger partial charge in [-0.3, -0.25) is 4.79 Å². The Balaban J connectivity index is 1.72. The number of carbonyl (C=O) groups is 1. The van der Waals surface area contributed by atoms with Crippen LogP contribution in [-0.2, 0) is 6.54 Å². The lowest BCUT2D eigenvalue weighted by molar-refractivity contribution is 0.0948. The van der Waals surface area contributed by atoms with Gasteiger partial charge in [0.15, 0.2) is 0 Å². The van der Waals surface area contributed by atoms with Gasteiger partial charge in [0.25, 0.3) is 5.91 Å². The second-order valence-corrected chi connectivity index (χ2v) is 5.76. The van der Waals surface area contributed by atoms with Crippen LogP contribution in [0.4, 0.5) is 4.39 Å². The molecule has 1 heterocycles. The number of aromatic nitrogens is 1. The van der Waals surface area contributed by atoms with Crippen LogP contribution < -0.4 is 5.32 Å². The predicted molar refractivity (Wildman–Crippen MR) is 90.4 cm³/mol. The highest BCUT2D eigenvalue weighted by atomic mass is 35.5. The van der Waals surface area contributed by atoms with E-state index in [1.165, 1.54) is 18.2 Å². The van der Waals surface area contributed by atoms with Gasteiger partial charge in [0.2, 0.25) is 0 Å². The van der Waals surface area contributed by atoms with E-state index in [1.54, 1.807) is 0 Å². The third kappa shape index (κ3) is 3.08. The summed E-state index contributed by atoms with van der Waals surface area (Å²) in [7, 11) is 0. The van der Waals surface area contributed by atoms with E-state index in [4.69, 9.17) is 11.6 Å². The zero-order valence-electron chi connectivity index (χ0n) is 12.6. The molecule has 2 aromatic carbocycles. The molecule has 0 bridgehead atoms. The molecule has 3 nitrogen and oxygen atoms in total. The van der Waals surface area contributed by atoms with Crippen molar-refractivity contribution in [1.82, 2.24) is 9.88 Å². The molecule has 0 spiro atoms. The molecule has 0 saturated heterocycles. The Morgan fingerprint density at radius 1 is 1.22 bits per heavy atom. The monoisotopic (exact) mass is 330 g/mol. The summed E-state index contributed by atoms with van der Waals surface area (Å²) in [6.07, 6.45) is 0. The molecule has 0 atom stereocenters. The van der Waals surface area contributed by atoms with Crippen LogP contribution in [0.15, 0.2) is 48.5 Å². The minimum Gasteiger partial charge on any atom is -0.350 e. The Morgan fingerprint density at radius 3 is 2.78 bits per heavy atom. The number of hydrogen-bond donors (Lipinski definition) is 1. The first-order chi connectivity index (χ1) is 11.1. The number of para-hydroxylation sites is 1. The van der Waals surface area contributed by atoms with Gasteiger partial charge in [-0.15, -0.1) is 0 Å². The van der Waals surface area contributed by atoms with Crippen LogP contribution in [0.5, 0.6) is 0 Å². The number of benzene rings is 2. The number of carbonyl (C=O) groups excluding carboxylic acids is 1. The van der Waals surface area contributed by atoms with Crippen molar-refractivity contribution in [3.63, 3.8) is 0 Å². The molecule has 23 heavy (non-hydrogen) atoms. The van der Waals surface area contributed by atoms with Crippen LogP contribution in [0.25, 0.3) is 10.9 Å². The van der Waals surface area contributed by atoms with Crippen molar-refractivity contribution in [2.75, 3.05) is 6.54 Å². The van der Waals surface area contributed by atoms with Crippen molar-refractivity contribution >= 4 is 28.4 Å². The van der Waals surface area contributed by atoms with Crippen molar-refractivity contribution in [2.45, 2.75) is 13.5 Å². The van der Waals surface area contributed by atoms with Crippen LogP contribution in [0.3, 0.4) is 0 Å². The summed E-state index contributed by atoms with van der Waals surface area (Å²) in [6, 6.07) is 14.4. The normalized spacial score (nSPS) is 10.9. The second kappa shape index (κ2) is 6.42. The molecule has 1 amide bonds. The van der Waals surface area contributed by atoms with Crippen LogP contribution in [0.2, 0.25) is 5.02 Å². The highest BCUT2D eigenvalue weighted by molar-refractivity contribution is 6.33. The third-order valence-electron chi connectivity index (χ3n) is 3.83. The molecule has 0 aliphatic heterocycles. The lowest BCUT2D eigenvalue weighted by Gasteiger charge is -2.11. The maximum Gasteiger partial charge on any atom is 0.255 e. The second-order valence-electron chi connectivity index (χ2n) is 5.35. The molecule has 1 aromatic heterocycles. The molecule has 0 saturated carbocycles. The minimum absolute atomic E-state index is 0.108. The van der Waals surface area contributed by atoms with Gasteiger partial charge >= 0.3 is 0 Å². The number of halogens is 2. The van der Waals surface area contributed by atoms with Crippen LogP contribution in [-0.4, -0.2) is 17.0 Å². The van der Waals surface area contributed by atoms with E-state index in [9.17, 15) is 9.18 Å². The van der Waals surface area contributed by atoms with Crippen molar-refractivity contribution in [3.8, 4) is 0 Å². The smallest absolute Gasteiger partial charge is 0.255 e. The summed E-state index contributed by atoms with van der Waals surface area (Å²) < 4.78 is 15.8. The van der Waals surface area contributed by atoms with E-state index in [2.05, 4.69) is 22.0 Å². The number of amides is 1. The number of nitrogens with zero attached hydrogens (tertiary/aromatic N) is 1. The highest BCUT2D eigenvalue weighted by Gasteiger charge is 2.15. The molecular formula is C18H16ClFN2O. The zero-order valence-corrected chi connectivity index (χ0v) is 13.4. The average molecular weight is 331 g/mol. The summed E-state index contributed by atoms with van der Waals surface area (Å²) >= 11 is 5.90. The Kier molecular flexibility index (Phi) is 4.35. The first kappa shape index (κ1) is 15.6. The number of hydrogen-bond acceptors (Lipinski definition) is 1.